The summed E-state index contributed by atoms with van der Waals surface area (Å²) in [6, 6.07) is 17.0. The van der Waals surface area contributed by atoms with Crippen LogP contribution >= 0.6 is 0 Å². The zero-order valence-corrected chi connectivity index (χ0v) is 16.2. The molecule has 0 radical (unpaired) electrons. The van der Waals surface area contributed by atoms with Crippen molar-refractivity contribution >= 4 is 18.0 Å². The minimum absolute atomic E-state index is 0.178. The summed E-state index contributed by atoms with van der Waals surface area (Å²) in [7, 11) is 1.34. The zero-order chi connectivity index (χ0) is 20.5. The molecule has 0 aliphatic heterocycles. The van der Waals surface area contributed by atoms with Crippen LogP contribution in [0.5, 0.6) is 0 Å². The van der Waals surface area contributed by atoms with E-state index in [9.17, 15) is 9.59 Å². The molecule has 1 N–H and O–H groups in total. The third-order valence-corrected chi connectivity index (χ3v) is 4.40. The number of imidazole rings is 1. The molecule has 0 atom stereocenters. The number of hydrogen-bond donors (Lipinski definition) is 1. The van der Waals surface area contributed by atoms with Crippen LogP contribution in [0, 0.1) is 0 Å². The van der Waals surface area contributed by atoms with Crippen molar-refractivity contribution in [3.63, 3.8) is 0 Å². The standard InChI is InChI=1S/C23H23N3O3/c1-29-23(28)20-10-7-18(8-11-20)9-12-22(27)25-14-13-21-24-15-16-26(21)17-19-5-3-2-4-6-19/h2-12,15-16H,13-14,17H2,1H3,(H,25,27)/b12-9+. The maximum Gasteiger partial charge on any atom is 0.337 e. The second kappa shape index (κ2) is 10.0. The molecule has 148 valence electrons. The van der Waals surface area contributed by atoms with Gasteiger partial charge in [-0.2, -0.15) is 0 Å². The van der Waals surface area contributed by atoms with E-state index in [0.717, 1.165) is 17.9 Å². The first-order chi connectivity index (χ1) is 14.2. The monoisotopic (exact) mass is 389 g/mol. The summed E-state index contributed by atoms with van der Waals surface area (Å²) in [5, 5.41) is 2.87. The minimum atomic E-state index is -0.385. The lowest BCUT2D eigenvalue weighted by Crippen LogP contribution is -2.24. The average Bonchev–Trinajstić information content (AvgIpc) is 3.19. The van der Waals surface area contributed by atoms with Crippen molar-refractivity contribution in [2.75, 3.05) is 13.7 Å². The number of ether oxygens (including phenoxy) is 1. The molecular weight excluding hydrogens is 366 g/mol. The number of amides is 1. The second-order valence-electron chi connectivity index (χ2n) is 6.44. The molecule has 0 fully saturated rings. The van der Waals surface area contributed by atoms with Gasteiger partial charge in [0.15, 0.2) is 0 Å². The van der Waals surface area contributed by atoms with E-state index in [4.69, 9.17) is 0 Å². The van der Waals surface area contributed by atoms with Gasteiger partial charge in [0.05, 0.1) is 12.7 Å². The quantitative estimate of drug-likeness (QED) is 0.475. The van der Waals surface area contributed by atoms with Gasteiger partial charge in [0, 0.05) is 38.0 Å². The lowest BCUT2D eigenvalue weighted by Gasteiger charge is -2.08. The van der Waals surface area contributed by atoms with Gasteiger partial charge in [0.25, 0.3) is 0 Å². The molecule has 0 aliphatic carbocycles. The van der Waals surface area contributed by atoms with Crippen molar-refractivity contribution in [1.29, 1.82) is 0 Å². The van der Waals surface area contributed by atoms with Gasteiger partial charge in [0.1, 0.15) is 5.82 Å². The average molecular weight is 389 g/mol. The van der Waals surface area contributed by atoms with Crippen LogP contribution in [0.25, 0.3) is 6.08 Å². The maximum atomic E-state index is 12.0. The number of carbonyl (C=O) groups is 2. The highest BCUT2D eigenvalue weighted by molar-refractivity contribution is 5.92. The van der Waals surface area contributed by atoms with Crippen LogP contribution < -0.4 is 5.32 Å². The third kappa shape index (κ3) is 5.90. The van der Waals surface area contributed by atoms with E-state index in [0.29, 0.717) is 18.5 Å². The van der Waals surface area contributed by atoms with Gasteiger partial charge in [-0.3, -0.25) is 4.79 Å². The Kier molecular flexibility index (Phi) is 6.95. The Hall–Kier alpha value is -3.67. The number of nitrogens with zero attached hydrogens (tertiary/aromatic N) is 2. The van der Waals surface area contributed by atoms with Crippen LogP contribution in [0.2, 0.25) is 0 Å². The summed E-state index contributed by atoms with van der Waals surface area (Å²) in [6.07, 6.45) is 7.55. The molecule has 0 saturated carbocycles. The van der Waals surface area contributed by atoms with Crippen LogP contribution in [0.15, 0.2) is 73.1 Å². The smallest absolute Gasteiger partial charge is 0.337 e. The van der Waals surface area contributed by atoms with Gasteiger partial charge in [-0.25, -0.2) is 9.78 Å². The molecule has 0 bridgehead atoms. The summed E-state index contributed by atoms with van der Waals surface area (Å²) < 4.78 is 6.75. The molecule has 1 heterocycles. The number of aromatic nitrogens is 2. The van der Waals surface area contributed by atoms with Crippen molar-refractivity contribution < 1.29 is 14.3 Å². The largest absolute Gasteiger partial charge is 0.465 e. The van der Waals surface area contributed by atoms with Gasteiger partial charge in [-0.1, -0.05) is 42.5 Å². The Morgan fingerprint density at radius 1 is 1.10 bits per heavy atom. The van der Waals surface area contributed by atoms with E-state index in [-0.39, 0.29) is 11.9 Å². The molecule has 1 amide bonds. The van der Waals surface area contributed by atoms with Crippen LogP contribution in [-0.4, -0.2) is 35.1 Å². The normalized spacial score (nSPS) is 10.8. The predicted octanol–water partition coefficient (Wildman–Crippen LogP) is 3.09. The minimum Gasteiger partial charge on any atom is -0.465 e. The molecule has 6 nitrogen and oxygen atoms in total. The molecule has 0 saturated heterocycles. The maximum absolute atomic E-state index is 12.0. The highest BCUT2D eigenvalue weighted by Crippen LogP contribution is 2.08. The van der Waals surface area contributed by atoms with E-state index in [1.165, 1.54) is 18.7 Å². The number of hydrogen-bond acceptors (Lipinski definition) is 4. The summed E-state index contributed by atoms with van der Waals surface area (Å²) >= 11 is 0. The third-order valence-electron chi connectivity index (χ3n) is 4.40. The molecule has 3 rings (SSSR count). The number of esters is 1. The second-order valence-corrected chi connectivity index (χ2v) is 6.44. The Labute approximate surface area is 169 Å². The van der Waals surface area contributed by atoms with Crippen molar-refractivity contribution in [3.05, 3.63) is 95.6 Å². The Balaban J connectivity index is 1.47. The fourth-order valence-corrected chi connectivity index (χ4v) is 2.87. The lowest BCUT2D eigenvalue weighted by molar-refractivity contribution is -0.116. The van der Waals surface area contributed by atoms with Crippen LogP contribution in [0.3, 0.4) is 0 Å². The van der Waals surface area contributed by atoms with Crippen molar-refractivity contribution in [3.8, 4) is 0 Å². The van der Waals surface area contributed by atoms with Gasteiger partial charge >= 0.3 is 5.97 Å². The van der Waals surface area contributed by atoms with E-state index in [2.05, 4.69) is 31.7 Å². The van der Waals surface area contributed by atoms with Crippen LogP contribution in [0.1, 0.15) is 27.3 Å². The van der Waals surface area contributed by atoms with E-state index in [1.807, 2.05) is 24.4 Å². The summed E-state index contributed by atoms with van der Waals surface area (Å²) in [5.74, 6) is 0.364. The highest BCUT2D eigenvalue weighted by Gasteiger charge is 2.05. The molecule has 3 aromatic rings. The predicted molar refractivity (Wildman–Crippen MR) is 111 cm³/mol. The summed E-state index contributed by atoms with van der Waals surface area (Å²) in [6.45, 7) is 1.25. The molecule has 6 heteroatoms. The van der Waals surface area contributed by atoms with E-state index < -0.39 is 0 Å². The van der Waals surface area contributed by atoms with Crippen LogP contribution in [0.4, 0.5) is 0 Å². The molecule has 29 heavy (non-hydrogen) atoms. The topological polar surface area (TPSA) is 73.2 Å². The molecule has 0 aliphatic rings. The van der Waals surface area contributed by atoms with Gasteiger partial charge < -0.3 is 14.6 Å². The Morgan fingerprint density at radius 2 is 1.86 bits per heavy atom. The van der Waals surface area contributed by atoms with E-state index >= 15 is 0 Å². The van der Waals surface area contributed by atoms with Crippen molar-refractivity contribution in [2.45, 2.75) is 13.0 Å². The number of carbonyl (C=O) groups excluding carboxylic acids is 2. The molecule has 2 aromatic carbocycles. The van der Waals surface area contributed by atoms with Gasteiger partial charge in [-0.05, 0) is 29.3 Å². The Bertz CT molecular complexity index is 976. The number of benzene rings is 2. The molecule has 0 unspecified atom stereocenters. The SMILES string of the molecule is COC(=O)c1ccc(/C=C/C(=O)NCCc2nccn2Cc2ccccc2)cc1. The first kappa shape index (κ1) is 20.1. The highest BCUT2D eigenvalue weighted by atomic mass is 16.5. The Morgan fingerprint density at radius 3 is 2.59 bits per heavy atom. The number of methoxy groups -OCH3 is 1. The van der Waals surface area contributed by atoms with Crippen molar-refractivity contribution in [2.24, 2.45) is 0 Å². The fourth-order valence-electron chi connectivity index (χ4n) is 2.87. The first-order valence-electron chi connectivity index (χ1n) is 9.34. The van der Waals surface area contributed by atoms with Crippen molar-refractivity contribution in [1.82, 2.24) is 14.9 Å². The molecule has 0 spiro atoms. The molecular formula is C23H23N3O3. The van der Waals surface area contributed by atoms with Gasteiger partial charge in [0.2, 0.25) is 5.91 Å². The zero-order valence-electron chi connectivity index (χ0n) is 16.2. The van der Waals surface area contributed by atoms with Gasteiger partial charge in [-0.15, -0.1) is 0 Å². The van der Waals surface area contributed by atoms with E-state index in [1.54, 1.807) is 36.5 Å². The number of nitrogens with one attached hydrogen (secondary N) is 1. The van der Waals surface area contributed by atoms with Crippen LogP contribution in [-0.2, 0) is 22.5 Å². The lowest BCUT2D eigenvalue weighted by atomic mass is 10.1. The molecule has 1 aromatic heterocycles. The summed E-state index contributed by atoms with van der Waals surface area (Å²) in [5.41, 5.74) is 2.50. The first-order valence-corrected chi connectivity index (χ1v) is 9.34. The number of rotatable bonds is 8. The summed E-state index contributed by atoms with van der Waals surface area (Å²) in [4.78, 5) is 27.9. The fraction of sp³-hybridized carbons (Fsp3) is 0.174.